The van der Waals surface area contributed by atoms with Crippen molar-refractivity contribution >= 4 is 5.69 Å². The van der Waals surface area contributed by atoms with Gasteiger partial charge in [-0.3, -0.25) is 5.10 Å². The maximum atomic E-state index is 6.06. The Morgan fingerprint density at radius 3 is 2.41 bits per heavy atom. The summed E-state index contributed by atoms with van der Waals surface area (Å²) in [4.78, 5) is 0. The molecule has 134 valence electrons. The Kier molecular flexibility index (Phi) is 4.88. The minimum absolute atomic E-state index is 0.625. The Labute approximate surface area is 158 Å². The molecule has 0 radical (unpaired) electrons. The van der Waals surface area contributed by atoms with Crippen LogP contribution in [0.4, 0.5) is 5.69 Å². The molecular formula is C23H21N3O. The summed E-state index contributed by atoms with van der Waals surface area (Å²) in [7, 11) is 0. The third-order valence-corrected chi connectivity index (χ3v) is 4.45. The number of nitrogen functional groups attached to an aromatic ring is 1. The van der Waals surface area contributed by atoms with Crippen LogP contribution in [0.25, 0.3) is 22.5 Å². The maximum Gasteiger partial charge on any atom is 0.128 e. The van der Waals surface area contributed by atoms with Crippen LogP contribution in [0, 0.1) is 0 Å². The van der Waals surface area contributed by atoms with Gasteiger partial charge in [-0.1, -0.05) is 54.6 Å². The molecule has 0 spiro atoms. The SMILES string of the molecule is Nc1ccc(-c2cc(-c3ccccc3OCCc3ccccc3)[nH]n2)cc1. The molecule has 0 aliphatic carbocycles. The van der Waals surface area contributed by atoms with Crippen LogP contribution in [0.5, 0.6) is 5.75 Å². The van der Waals surface area contributed by atoms with Gasteiger partial charge in [-0.25, -0.2) is 0 Å². The lowest BCUT2D eigenvalue weighted by atomic mass is 10.1. The molecule has 1 heterocycles. The number of para-hydroxylation sites is 1. The van der Waals surface area contributed by atoms with Crippen LogP contribution in [0.3, 0.4) is 0 Å². The van der Waals surface area contributed by atoms with Gasteiger partial charge in [-0.05, 0) is 35.9 Å². The number of aromatic nitrogens is 2. The lowest BCUT2D eigenvalue weighted by Crippen LogP contribution is -2.02. The molecule has 0 aliphatic heterocycles. The molecule has 27 heavy (non-hydrogen) atoms. The number of hydrogen-bond acceptors (Lipinski definition) is 3. The number of aromatic amines is 1. The van der Waals surface area contributed by atoms with Crippen molar-refractivity contribution in [2.75, 3.05) is 12.3 Å². The van der Waals surface area contributed by atoms with E-state index in [1.165, 1.54) is 5.56 Å². The predicted octanol–water partition coefficient (Wildman–Crippen LogP) is 4.95. The lowest BCUT2D eigenvalue weighted by Gasteiger charge is -2.10. The minimum Gasteiger partial charge on any atom is -0.493 e. The van der Waals surface area contributed by atoms with Crippen molar-refractivity contribution in [3.05, 3.63) is 90.5 Å². The van der Waals surface area contributed by atoms with Crippen molar-refractivity contribution in [2.24, 2.45) is 0 Å². The van der Waals surface area contributed by atoms with Crippen molar-refractivity contribution in [2.45, 2.75) is 6.42 Å². The van der Waals surface area contributed by atoms with Gasteiger partial charge in [0.15, 0.2) is 0 Å². The van der Waals surface area contributed by atoms with Gasteiger partial charge in [0.25, 0.3) is 0 Å². The van der Waals surface area contributed by atoms with E-state index < -0.39 is 0 Å². The molecule has 4 heteroatoms. The Morgan fingerprint density at radius 2 is 1.59 bits per heavy atom. The van der Waals surface area contributed by atoms with E-state index in [0.717, 1.165) is 40.4 Å². The molecule has 0 saturated carbocycles. The van der Waals surface area contributed by atoms with Crippen molar-refractivity contribution in [1.29, 1.82) is 0 Å². The fraction of sp³-hybridized carbons (Fsp3) is 0.0870. The lowest BCUT2D eigenvalue weighted by molar-refractivity contribution is 0.323. The molecule has 3 aromatic carbocycles. The monoisotopic (exact) mass is 355 g/mol. The molecule has 3 N–H and O–H groups in total. The Hall–Kier alpha value is -3.53. The van der Waals surface area contributed by atoms with Gasteiger partial charge in [-0.15, -0.1) is 0 Å². The second-order valence-electron chi connectivity index (χ2n) is 6.37. The molecule has 1 aromatic heterocycles. The summed E-state index contributed by atoms with van der Waals surface area (Å²) >= 11 is 0. The highest BCUT2D eigenvalue weighted by molar-refractivity contribution is 5.72. The van der Waals surface area contributed by atoms with Crippen LogP contribution in [0.2, 0.25) is 0 Å². The van der Waals surface area contributed by atoms with E-state index in [0.29, 0.717) is 6.61 Å². The van der Waals surface area contributed by atoms with E-state index in [9.17, 15) is 0 Å². The summed E-state index contributed by atoms with van der Waals surface area (Å²) in [5.41, 5.74) is 11.6. The second-order valence-corrected chi connectivity index (χ2v) is 6.37. The van der Waals surface area contributed by atoms with E-state index in [2.05, 4.69) is 22.3 Å². The van der Waals surface area contributed by atoms with Crippen LogP contribution < -0.4 is 10.5 Å². The molecule has 0 unspecified atom stereocenters. The highest BCUT2D eigenvalue weighted by atomic mass is 16.5. The average Bonchev–Trinajstić information content (AvgIpc) is 3.20. The third-order valence-electron chi connectivity index (χ3n) is 4.45. The van der Waals surface area contributed by atoms with Crippen LogP contribution >= 0.6 is 0 Å². The maximum absolute atomic E-state index is 6.06. The molecule has 0 aliphatic rings. The van der Waals surface area contributed by atoms with Crippen molar-refractivity contribution in [1.82, 2.24) is 10.2 Å². The molecule has 0 fully saturated rings. The second kappa shape index (κ2) is 7.79. The number of anilines is 1. The van der Waals surface area contributed by atoms with Gasteiger partial charge in [0, 0.05) is 23.2 Å². The zero-order chi connectivity index (χ0) is 18.5. The first-order valence-corrected chi connectivity index (χ1v) is 8.97. The number of nitrogens with one attached hydrogen (secondary N) is 1. The summed E-state index contributed by atoms with van der Waals surface area (Å²) in [5, 5.41) is 7.56. The van der Waals surface area contributed by atoms with Crippen molar-refractivity contribution in [3.63, 3.8) is 0 Å². The van der Waals surface area contributed by atoms with E-state index >= 15 is 0 Å². The number of ether oxygens (including phenoxy) is 1. The number of benzene rings is 3. The van der Waals surface area contributed by atoms with E-state index in [4.69, 9.17) is 10.5 Å². The number of rotatable bonds is 6. The van der Waals surface area contributed by atoms with Crippen LogP contribution in [0.1, 0.15) is 5.56 Å². The molecule has 4 rings (SSSR count). The van der Waals surface area contributed by atoms with Gasteiger partial charge in [0.05, 0.1) is 18.0 Å². The fourth-order valence-corrected chi connectivity index (χ4v) is 3.00. The minimum atomic E-state index is 0.625. The zero-order valence-electron chi connectivity index (χ0n) is 14.9. The largest absolute Gasteiger partial charge is 0.493 e. The first-order valence-electron chi connectivity index (χ1n) is 8.97. The number of hydrogen-bond donors (Lipinski definition) is 2. The first-order chi connectivity index (χ1) is 13.3. The van der Waals surface area contributed by atoms with E-state index in [-0.39, 0.29) is 0 Å². The summed E-state index contributed by atoms with van der Waals surface area (Å²) in [6, 6.07) is 28.1. The van der Waals surface area contributed by atoms with Gasteiger partial charge >= 0.3 is 0 Å². The Bertz CT molecular complexity index is 1010. The van der Waals surface area contributed by atoms with Crippen molar-refractivity contribution < 1.29 is 4.74 Å². The first kappa shape index (κ1) is 16.9. The normalized spacial score (nSPS) is 10.7. The highest BCUT2D eigenvalue weighted by Gasteiger charge is 2.10. The fourth-order valence-electron chi connectivity index (χ4n) is 3.00. The molecule has 0 amide bonds. The number of nitrogens with zero attached hydrogens (tertiary/aromatic N) is 1. The van der Waals surface area contributed by atoms with Crippen LogP contribution in [-0.4, -0.2) is 16.8 Å². The zero-order valence-corrected chi connectivity index (χ0v) is 14.9. The van der Waals surface area contributed by atoms with Crippen LogP contribution in [0.15, 0.2) is 84.9 Å². The summed E-state index contributed by atoms with van der Waals surface area (Å²) < 4.78 is 6.06. The molecule has 4 aromatic rings. The smallest absolute Gasteiger partial charge is 0.128 e. The summed E-state index contributed by atoms with van der Waals surface area (Å²) in [6.45, 7) is 0.625. The molecule has 4 nitrogen and oxygen atoms in total. The standard InChI is InChI=1S/C23H21N3O/c24-19-12-10-18(11-13-19)21-16-22(26-25-21)20-8-4-5-9-23(20)27-15-14-17-6-2-1-3-7-17/h1-13,16H,14-15,24H2,(H,25,26). The van der Waals surface area contributed by atoms with Gasteiger partial charge in [-0.2, -0.15) is 5.10 Å². The molecule has 0 saturated heterocycles. The van der Waals surface area contributed by atoms with Gasteiger partial charge < -0.3 is 10.5 Å². The Balaban J connectivity index is 1.52. The quantitative estimate of drug-likeness (QED) is 0.481. The van der Waals surface area contributed by atoms with E-state index in [1.54, 1.807) is 0 Å². The summed E-state index contributed by atoms with van der Waals surface area (Å²) in [6.07, 6.45) is 0.870. The van der Waals surface area contributed by atoms with Crippen molar-refractivity contribution in [3.8, 4) is 28.3 Å². The number of nitrogens with two attached hydrogens (primary N) is 1. The summed E-state index contributed by atoms with van der Waals surface area (Å²) in [5.74, 6) is 0.848. The number of H-pyrrole nitrogens is 1. The average molecular weight is 355 g/mol. The Morgan fingerprint density at radius 1 is 0.852 bits per heavy atom. The van der Waals surface area contributed by atoms with Gasteiger partial charge in [0.1, 0.15) is 5.75 Å². The highest BCUT2D eigenvalue weighted by Crippen LogP contribution is 2.31. The topological polar surface area (TPSA) is 63.9 Å². The van der Waals surface area contributed by atoms with Crippen LogP contribution in [-0.2, 0) is 6.42 Å². The molecular weight excluding hydrogens is 334 g/mol. The molecule has 0 atom stereocenters. The third kappa shape index (κ3) is 4.01. The van der Waals surface area contributed by atoms with E-state index in [1.807, 2.05) is 72.8 Å². The van der Waals surface area contributed by atoms with Gasteiger partial charge in [0.2, 0.25) is 0 Å². The molecule has 0 bridgehead atoms. The predicted molar refractivity (Wildman–Crippen MR) is 110 cm³/mol.